The fraction of sp³-hybridized carbons (Fsp3) is 0.500. The Morgan fingerprint density at radius 1 is 1.29 bits per heavy atom. The van der Waals surface area contributed by atoms with Gasteiger partial charge < -0.3 is 9.47 Å². The SMILES string of the molecule is COC(C)(C)C(=O)c1cccc(OC(C)C)c1. The van der Waals surface area contributed by atoms with Gasteiger partial charge in [0.15, 0.2) is 5.78 Å². The maximum Gasteiger partial charge on any atom is 0.194 e. The standard InChI is InChI=1S/C14H20O3/c1-10(2)17-12-8-6-7-11(9-12)13(15)14(3,4)16-5/h6-10H,1-5H3. The van der Waals surface area contributed by atoms with Gasteiger partial charge in [0.1, 0.15) is 11.4 Å². The molecule has 0 heterocycles. The summed E-state index contributed by atoms with van der Waals surface area (Å²) in [6.07, 6.45) is 0.0933. The minimum absolute atomic E-state index is 0.0470. The van der Waals surface area contributed by atoms with Crippen LogP contribution in [0.2, 0.25) is 0 Å². The quantitative estimate of drug-likeness (QED) is 0.737. The Bertz CT molecular complexity index is 394. The monoisotopic (exact) mass is 236 g/mol. The van der Waals surface area contributed by atoms with E-state index in [9.17, 15) is 4.79 Å². The Labute approximate surface area is 103 Å². The molecule has 3 heteroatoms. The van der Waals surface area contributed by atoms with E-state index in [1.54, 1.807) is 26.0 Å². The lowest BCUT2D eigenvalue weighted by atomic mass is 9.96. The topological polar surface area (TPSA) is 35.5 Å². The van der Waals surface area contributed by atoms with Gasteiger partial charge in [0.2, 0.25) is 0 Å². The van der Waals surface area contributed by atoms with Crippen LogP contribution in [0.25, 0.3) is 0 Å². The number of hydrogen-bond donors (Lipinski definition) is 0. The molecule has 3 nitrogen and oxygen atoms in total. The first kappa shape index (κ1) is 13.7. The Kier molecular flexibility index (Phi) is 4.29. The van der Waals surface area contributed by atoms with Crippen LogP contribution in [0, 0.1) is 0 Å². The van der Waals surface area contributed by atoms with Crippen molar-refractivity contribution in [3.05, 3.63) is 29.8 Å². The van der Waals surface area contributed by atoms with Crippen LogP contribution in [0.4, 0.5) is 0 Å². The zero-order chi connectivity index (χ0) is 13.1. The van der Waals surface area contributed by atoms with Crippen molar-refractivity contribution in [3.8, 4) is 5.75 Å². The molecule has 0 bridgehead atoms. The second-order valence-corrected chi connectivity index (χ2v) is 4.74. The molecule has 1 aromatic carbocycles. The number of hydrogen-bond acceptors (Lipinski definition) is 3. The van der Waals surface area contributed by atoms with Crippen LogP contribution in [0.1, 0.15) is 38.1 Å². The third-order valence-corrected chi connectivity index (χ3v) is 2.53. The fourth-order valence-electron chi connectivity index (χ4n) is 1.42. The highest BCUT2D eigenvalue weighted by Gasteiger charge is 2.28. The molecular formula is C14H20O3. The number of carbonyl (C=O) groups excluding carboxylic acids is 1. The second kappa shape index (κ2) is 5.32. The zero-order valence-corrected chi connectivity index (χ0v) is 11.1. The highest BCUT2D eigenvalue weighted by Crippen LogP contribution is 2.20. The predicted molar refractivity (Wildman–Crippen MR) is 67.6 cm³/mol. The van der Waals surface area contributed by atoms with Crippen LogP contribution in [0.5, 0.6) is 5.75 Å². The van der Waals surface area contributed by atoms with Crippen molar-refractivity contribution in [2.45, 2.75) is 39.4 Å². The Morgan fingerprint density at radius 2 is 1.94 bits per heavy atom. The summed E-state index contributed by atoms with van der Waals surface area (Å²) in [7, 11) is 1.53. The zero-order valence-electron chi connectivity index (χ0n) is 11.1. The number of rotatable bonds is 5. The molecule has 0 N–H and O–H groups in total. The third-order valence-electron chi connectivity index (χ3n) is 2.53. The maximum atomic E-state index is 12.2. The lowest BCUT2D eigenvalue weighted by Gasteiger charge is -2.21. The van der Waals surface area contributed by atoms with Gasteiger partial charge in [-0.25, -0.2) is 0 Å². The predicted octanol–water partition coefficient (Wildman–Crippen LogP) is 3.08. The van der Waals surface area contributed by atoms with Crippen molar-refractivity contribution in [3.63, 3.8) is 0 Å². The lowest BCUT2D eigenvalue weighted by molar-refractivity contribution is 0.0228. The molecule has 0 unspecified atom stereocenters. The molecule has 0 spiro atoms. The van der Waals surface area contributed by atoms with Crippen LogP contribution in [-0.4, -0.2) is 24.6 Å². The van der Waals surface area contributed by atoms with E-state index in [1.165, 1.54) is 7.11 Å². The summed E-state index contributed by atoms with van der Waals surface area (Å²) in [6.45, 7) is 7.41. The van der Waals surface area contributed by atoms with Crippen LogP contribution in [0.3, 0.4) is 0 Å². The molecule has 0 aliphatic heterocycles. The van der Waals surface area contributed by atoms with E-state index >= 15 is 0 Å². The van der Waals surface area contributed by atoms with Gasteiger partial charge in [0.05, 0.1) is 6.10 Å². The number of Topliss-reactive ketones (excluding diaryl/α,β-unsaturated/α-hetero) is 1. The molecule has 1 aromatic rings. The number of ketones is 1. The van der Waals surface area contributed by atoms with E-state index in [-0.39, 0.29) is 11.9 Å². The van der Waals surface area contributed by atoms with Gasteiger partial charge in [-0.2, -0.15) is 0 Å². The molecule has 1 rings (SSSR count). The van der Waals surface area contributed by atoms with Crippen molar-refractivity contribution in [2.24, 2.45) is 0 Å². The van der Waals surface area contributed by atoms with Crippen LogP contribution in [-0.2, 0) is 4.74 Å². The molecule has 17 heavy (non-hydrogen) atoms. The summed E-state index contributed by atoms with van der Waals surface area (Å²) in [6, 6.07) is 7.19. The van der Waals surface area contributed by atoms with Crippen LogP contribution in [0.15, 0.2) is 24.3 Å². The molecule has 0 atom stereocenters. The smallest absolute Gasteiger partial charge is 0.194 e. The Balaban J connectivity index is 2.96. The first-order valence-corrected chi connectivity index (χ1v) is 5.73. The average Bonchev–Trinajstić information content (AvgIpc) is 2.27. The van der Waals surface area contributed by atoms with E-state index < -0.39 is 5.60 Å². The first-order chi connectivity index (χ1) is 7.86. The summed E-state index contributed by atoms with van der Waals surface area (Å²) in [4.78, 5) is 12.2. The summed E-state index contributed by atoms with van der Waals surface area (Å²) in [5, 5.41) is 0. The van der Waals surface area contributed by atoms with Gasteiger partial charge in [-0.05, 0) is 39.8 Å². The summed E-state index contributed by atoms with van der Waals surface area (Å²) in [5.74, 6) is 0.659. The van der Waals surface area contributed by atoms with E-state index in [4.69, 9.17) is 9.47 Å². The van der Waals surface area contributed by atoms with Gasteiger partial charge in [-0.15, -0.1) is 0 Å². The minimum atomic E-state index is -0.809. The van der Waals surface area contributed by atoms with Gasteiger partial charge in [0.25, 0.3) is 0 Å². The lowest BCUT2D eigenvalue weighted by Crippen LogP contribution is -2.33. The number of benzene rings is 1. The van der Waals surface area contributed by atoms with Crippen molar-refractivity contribution >= 4 is 5.78 Å². The number of methoxy groups -OCH3 is 1. The van der Waals surface area contributed by atoms with Gasteiger partial charge in [-0.1, -0.05) is 12.1 Å². The molecule has 0 aliphatic carbocycles. The van der Waals surface area contributed by atoms with Crippen molar-refractivity contribution in [2.75, 3.05) is 7.11 Å². The third kappa shape index (κ3) is 3.56. The fourth-order valence-corrected chi connectivity index (χ4v) is 1.42. The Hall–Kier alpha value is -1.35. The normalized spacial score (nSPS) is 11.6. The molecular weight excluding hydrogens is 216 g/mol. The average molecular weight is 236 g/mol. The summed E-state index contributed by atoms with van der Waals surface area (Å²) >= 11 is 0. The molecule has 0 saturated carbocycles. The van der Waals surface area contributed by atoms with E-state index in [0.717, 1.165) is 0 Å². The number of ether oxygens (including phenoxy) is 2. The van der Waals surface area contributed by atoms with Crippen molar-refractivity contribution in [1.29, 1.82) is 0 Å². The molecule has 0 radical (unpaired) electrons. The Morgan fingerprint density at radius 3 is 2.47 bits per heavy atom. The van der Waals surface area contributed by atoms with E-state index in [2.05, 4.69) is 0 Å². The van der Waals surface area contributed by atoms with E-state index in [0.29, 0.717) is 11.3 Å². The molecule has 94 valence electrons. The van der Waals surface area contributed by atoms with Crippen molar-refractivity contribution in [1.82, 2.24) is 0 Å². The molecule has 0 amide bonds. The second-order valence-electron chi connectivity index (χ2n) is 4.74. The first-order valence-electron chi connectivity index (χ1n) is 5.73. The van der Waals surface area contributed by atoms with Gasteiger partial charge in [-0.3, -0.25) is 4.79 Å². The summed E-state index contributed by atoms with van der Waals surface area (Å²) in [5.41, 5.74) is -0.203. The molecule has 0 aromatic heterocycles. The van der Waals surface area contributed by atoms with Gasteiger partial charge >= 0.3 is 0 Å². The maximum absolute atomic E-state index is 12.2. The van der Waals surface area contributed by atoms with Crippen molar-refractivity contribution < 1.29 is 14.3 Å². The largest absolute Gasteiger partial charge is 0.491 e. The van der Waals surface area contributed by atoms with Gasteiger partial charge in [0, 0.05) is 12.7 Å². The summed E-state index contributed by atoms with van der Waals surface area (Å²) < 4.78 is 10.7. The highest BCUT2D eigenvalue weighted by atomic mass is 16.5. The number of carbonyl (C=O) groups is 1. The highest BCUT2D eigenvalue weighted by molar-refractivity contribution is 6.02. The molecule has 0 fully saturated rings. The molecule has 0 aliphatic rings. The van der Waals surface area contributed by atoms with Crippen LogP contribution < -0.4 is 4.74 Å². The minimum Gasteiger partial charge on any atom is -0.491 e. The van der Waals surface area contributed by atoms with E-state index in [1.807, 2.05) is 26.0 Å². The molecule has 0 saturated heterocycles. The van der Waals surface area contributed by atoms with Crippen LogP contribution >= 0.6 is 0 Å².